The lowest BCUT2D eigenvalue weighted by molar-refractivity contribution is -0.0640. The molecule has 2 aliphatic rings. The fraction of sp³-hybridized carbons (Fsp3) is 0.393. The minimum Gasteiger partial charge on any atom is -0.478 e. The number of aliphatic hydroxyl groups is 1. The molecule has 2 saturated carbocycles. The molecule has 0 spiro atoms. The van der Waals surface area contributed by atoms with E-state index in [2.05, 4.69) is 10.1 Å². The van der Waals surface area contributed by atoms with E-state index in [-0.39, 0.29) is 10.8 Å². The van der Waals surface area contributed by atoms with Crippen LogP contribution >= 0.6 is 22.9 Å². The molecule has 38 heavy (non-hydrogen) atoms. The van der Waals surface area contributed by atoms with Crippen molar-refractivity contribution in [2.45, 2.75) is 69.7 Å². The number of fused-ring (bicyclic) bond motifs is 1. The molecule has 0 saturated heterocycles. The Hall–Kier alpha value is -2.85. The van der Waals surface area contributed by atoms with E-state index in [1.165, 1.54) is 12.1 Å². The zero-order valence-electron chi connectivity index (χ0n) is 20.7. The highest BCUT2D eigenvalue weighted by molar-refractivity contribution is 7.18. The topological polar surface area (TPSA) is 106 Å². The summed E-state index contributed by atoms with van der Waals surface area (Å²) in [6, 6.07) is 8.44. The Morgan fingerprint density at radius 3 is 2.68 bits per heavy atom. The number of rotatable bonds is 7. The van der Waals surface area contributed by atoms with E-state index >= 15 is 0 Å². The third-order valence-corrected chi connectivity index (χ3v) is 9.15. The Morgan fingerprint density at radius 2 is 2.00 bits per heavy atom. The molecule has 0 unspecified atom stereocenters. The second-order valence-electron chi connectivity index (χ2n) is 10.2. The molecule has 2 aromatic carbocycles. The van der Waals surface area contributed by atoms with Crippen molar-refractivity contribution < 1.29 is 28.7 Å². The molecule has 6 rings (SSSR count). The maximum absolute atomic E-state index is 14.7. The number of carboxylic acid groups (broad SMARTS) is 1. The SMILES string of the molecule is Cc1cccc(Cl)c1-c1noc(C2CC2)c1COC1CCC(O)(c2nc3ccc(C(=O)O)c(F)c3s2)CC1. The van der Waals surface area contributed by atoms with Gasteiger partial charge in [0.05, 0.1) is 33.5 Å². The van der Waals surface area contributed by atoms with Gasteiger partial charge in [0, 0.05) is 17.0 Å². The predicted molar refractivity (Wildman–Crippen MR) is 141 cm³/mol. The average Bonchev–Trinajstić information content (AvgIpc) is 3.48. The van der Waals surface area contributed by atoms with Crippen molar-refractivity contribution in [3.63, 3.8) is 0 Å². The number of carbonyl (C=O) groups is 1. The standard InChI is InChI=1S/C28H26ClFN2O5S/c1-14-3-2-4-19(29)21(14)23-18(24(37-32-23)15-5-6-15)13-36-16-9-11-28(35,12-10-16)27-31-20-8-7-17(26(33)34)22(30)25(20)38-27/h2-4,7-8,15-16,35H,5-6,9-13H2,1H3,(H,33,34). The fourth-order valence-electron chi connectivity index (χ4n) is 5.23. The maximum atomic E-state index is 14.7. The van der Waals surface area contributed by atoms with Gasteiger partial charge in [-0.2, -0.15) is 0 Å². The Kier molecular flexibility index (Phi) is 6.50. The summed E-state index contributed by atoms with van der Waals surface area (Å²) in [5, 5.41) is 26.0. The molecular weight excluding hydrogens is 531 g/mol. The number of ether oxygens (including phenoxy) is 1. The van der Waals surface area contributed by atoms with Crippen LogP contribution < -0.4 is 0 Å². The number of halogens is 2. The number of hydrogen-bond acceptors (Lipinski definition) is 7. The maximum Gasteiger partial charge on any atom is 0.338 e. The minimum absolute atomic E-state index is 0.0813. The molecule has 4 aromatic rings. The minimum atomic E-state index is -1.33. The van der Waals surface area contributed by atoms with Crippen molar-refractivity contribution in [1.29, 1.82) is 0 Å². The van der Waals surface area contributed by atoms with Crippen LogP contribution in [0.3, 0.4) is 0 Å². The fourth-order valence-corrected chi connectivity index (χ4v) is 6.69. The molecule has 198 valence electrons. The second kappa shape index (κ2) is 9.72. The molecule has 2 fully saturated rings. The van der Waals surface area contributed by atoms with Crippen LogP contribution in [0.1, 0.15) is 76.7 Å². The van der Waals surface area contributed by atoms with E-state index in [0.717, 1.165) is 52.3 Å². The molecule has 2 N–H and O–H groups in total. The number of carboxylic acids is 1. The zero-order chi connectivity index (χ0) is 26.6. The van der Waals surface area contributed by atoms with Gasteiger partial charge < -0.3 is 19.5 Å². The Morgan fingerprint density at radius 1 is 1.24 bits per heavy atom. The lowest BCUT2D eigenvalue weighted by Gasteiger charge is -2.34. The summed E-state index contributed by atoms with van der Waals surface area (Å²) in [5.74, 6) is -0.926. The Labute approximate surface area is 227 Å². The third-order valence-electron chi connectivity index (χ3n) is 7.57. The van der Waals surface area contributed by atoms with Gasteiger partial charge in [-0.1, -0.05) is 28.9 Å². The highest BCUT2D eigenvalue weighted by Gasteiger charge is 2.39. The van der Waals surface area contributed by atoms with Crippen LogP contribution in [0.15, 0.2) is 34.9 Å². The van der Waals surface area contributed by atoms with Crippen LogP contribution in [-0.4, -0.2) is 32.4 Å². The zero-order valence-corrected chi connectivity index (χ0v) is 22.2. The van der Waals surface area contributed by atoms with Gasteiger partial charge in [0.2, 0.25) is 0 Å². The summed E-state index contributed by atoms with van der Waals surface area (Å²) >= 11 is 7.55. The molecule has 2 aliphatic carbocycles. The van der Waals surface area contributed by atoms with Crippen molar-refractivity contribution in [2.24, 2.45) is 0 Å². The van der Waals surface area contributed by atoms with Crippen molar-refractivity contribution >= 4 is 39.1 Å². The van der Waals surface area contributed by atoms with Crippen LogP contribution in [0.2, 0.25) is 5.02 Å². The van der Waals surface area contributed by atoms with Crippen LogP contribution in [0, 0.1) is 12.7 Å². The predicted octanol–water partition coefficient (Wildman–Crippen LogP) is 6.97. The van der Waals surface area contributed by atoms with E-state index in [1.807, 2.05) is 25.1 Å². The van der Waals surface area contributed by atoms with Crippen LogP contribution in [0.4, 0.5) is 4.39 Å². The molecule has 2 heterocycles. The summed E-state index contributed by atoms with van der Waals surface area (Å²) in [6.07, 6.45) is 4.05. The van der Waals surface area contributed by atoms with E-state index in [9.17, 15) is 19.4 Å². The summed E-state index contributed by atoms with van der Waals surface area (Å²) in [6.45, 7) is 2.33. The molecule has 0 bridgehead atoms. The average molecular weight is 557 g/mol. The van der Waals surface area contributed by atoms with Gasteiger partial charge in [0.15, 0.2) is 5.82 Å². The van der Waals surface area contributed by atoms with Gasteiger partial charge >= 0.3 is 5.97 Å². The smallest absolute Gasteiger partial charge is 0.338 e. The molecule has 0 amide bonds. The highest BCUT2D eigenvalue weighted by Crippen LogP contribution is 2.46. The normalized spacial score (nSPS) is 21.7. The van der Waals surface area contributed by atoms with Gasteiger partial charge in [-0.3, -0.25) is 0 Å². The first-order chi connectivity index (χ1) is 18.2. The molecule has 0 radical (unpaired) electrons. The van der Waals surface area contributed by atoms with Gasteiger partial charge in [0.1, 0.15) is 22.1 Å². The van der Waals surface area contributed by atoms with Gasteiger partial charge in [-0.15, -0.1) is 11.3 Å². The molecule has 0 aliphatic heterocycles. The van der Waals surface area contributed by atoms with E-state index in [0.29, 0.717) is 53.8 Å². The summed E-state index contributed by atoms with van der Waals surface area (Å²) < 4.78 is 26.9. The third kappa shape index (κ3) is 4.51. The van der Waals surface area contributed by atoms with Crippen LogP contribution in [0.5, 0.6) is 0 Å². The van der Waals surface area contributed by atoms with Crippen LogP contribution in [0.25, 0.3) is 21.5 Å². The first-order valence-electron chi connectivity index (χ1n) is 12.7. The largest absolute Gasteiger partial charge is 0.478 e. The van der Waals surface area contributed by atoms with Gasteiger partial charge in [0.25, 0.3) is 0 Å². The number of thiazole rings is 1. The number of nitrogens with zero attached hydrogens (tertiary/aromatic N) is 2. The first-order valence-corrected chi connectivity index (χ1v) is 13.9. The number of hydrogen-bond donors (Lipinski definition) is 2. The van der Waals surface area contributed by atoms with Crippen molar-refractivity contribution in [3.8, 4) is 11.3 Å². The van der Waals surface area contributed by atoms with Gasteiger partial charge in [-0.05, 0) is 69.2 Å². The number of aromatic carboxylic acids is 1. The van der Waals surface area contributed by atoms with Crippen molar-refractivity contribution in [3.05, 3.63) is 68.6 Å². The van der Waals surface area contributed by atoms with E-state index < -0.39 is 23.0 Å². The van der Waals surface area contributed by atoms with Crippen molar-refractivity contribution in [2.75, 3.05) is 0 Å². The molecule has 0 atom stereocenters. The molecule has 2 aromatic heterocycles. The quantitative estimate of drug-likeness (QED) is 0.253. The number of benzene rings is 2. The van der Waals surface area contributed by atoms with E-state index in [1.54, 1.807) is 0 Å². The van der Waals surface area contributed by atoms with Gasteiger partial charge in [-0.25, -0.2) is 14.2 Å². The lowest BCUT2D eigenvalue weighted by atomic mass is 9.83. The van der Waals surface area contributed by atoms with E-state index in [4.69, 9.17) is 20.9 Å². The molecular formula is C28H26ClFN2O5S. The second-order valence-corrected chi connectivity index (χ2v) is 11.6. The Bertz CT molecular complexity index is 1520. The highest BCUT2D eigenvalue weighted by atomic mass is 35.5. The Balaban J connectivity index is 1.18. The summed E-state index contributed by atoms with van der Waals surface area (Å²) in [7, 11) is 0. The summed E-state index contributed by atoms with van der Waals surface area (Å²) in [5.41, 5.74) is 2.26. The van der Waals surface area contributed by atoms with Crippen LogP contribution in [-0.2, 0) is 16.9 Å². The summed E-state index contributed by atoms with van der Waals surface area (Å²) in [4.78, 5) is 15.7. The number of aryl methyl sites for hydroxylation is 1. The molecule has 10 heteroatoms. The monoisotopic (exact) mass is 556 g/mol. The first kappa shape index (κ1) is 25.4. The number of aromatic nitrogens is 2. The van der Waals surface area contributed by atoms with Crippen molar-refractivity contribution in [1.82, 2.24) is 10.1 Å². The lowest BCUT2D eigenvalue weighted by Crippen LogP contribution is -2.34. The molecule has 7 nitrogen and oxygen atoms in total.